The maximum absolute atomic E-state index is 12.9. The summed E-state index contributed by atoms with van der Waals surface area (Å²) in [5, 5.41) is 0. The Morgan fingerprint density at radius 3 is 2.37 bits per heavy atom. The van der Waals surface area contributed by atoms with Crippen LogP contribution in [0.25, 0.3) is 0 Å². The smallest absolute Gasteiger partial charge is 0.315 e. The van der Waals surface area contributed by atoms with E-state index in [2.05, 4.69) is 13.2 Å². The van der Waals surface area contributed by atoms with Gasteiger partial charge < -0.3 is 9.64 Å². The summed E-state index contributed by atoms with van der Waals surface area (Å²) >= 11 is 0. The zero-order valence-corrected chi connectivity index (χ0v) is 17.0. The number of hydrogen-bond donors (Lipinski definition) is 0. The van der Waals surface area contributed by atoms with Gasteiger partial charge in [-0.15, -0.1) is 0 Å². The Morgan fingerprint density at radius 2 is 1.73 bits per heavy atom. The molecule has 0 N–H and O–H groups in total. The fraction of sp³-hybridized carbons (Fsp3) is 0.160. The van der Waals surface area contributed by atoms with E-state index in [4.69, 9.17) is 4.74 Å². The number of aldehydes is 1. The van der Waals surface area contributed by atoms with Crippen molar-refractivity contribution in [1.82, 2.24) is 4.90 Å². The molecule has 0 aliphatic carbocycles. The standard InChI is InChI=1S/C25H25NO4/c1-4-11-20(5-2)23(25(29)30-18-19-12-7-6-8-13-19)16-26(3)24(28)22-15-10-9-14-21(22)17-27/h4-15,17,23H,1-2,16,18H2,3H3/b20-11+. The summed E-state index contributed by atoms with van der Waals surface area (Å²) in [4.78, 5) is 38.4. The van der Waals surface area contributed by atoms with E-state index in [0.717, 1.165) is 5.56 Å². The van der Waals surface area contributed by atoms with Crippen molar-refractivity contribution in [1.29, 1.82) is 0 Å². The van der Waals surface area contributed by atoms with Gasteiger partial charge in [0.05, 0.1) is 11.5 Å². The van der Waals surface area contributed by atoms with Gasteiger partial charge in [0, 0.05) is 19.2 Å². The van der Waals surface area contributed by atoms with Crippen LogP contribution in [0.2, 0.25) is 0 Å². The molecule has 0 heterocycles. The second-order valence-electron chi connectivity index (χ2n) is 6.64. The van der Waals surface area contributed by atoms with E-state index in [1.165, 1.54) is 4.90 Å². The highest BCUT2D eigenvalue weighted by Gasteiger charge is 2.27. The van der Waals surface area contributed by atoms with Crippen molar-refractivity contribution in [3.8, 4) is 0 Å². The molecule has 0 spiro atoms. The summed E-state index contributed by atoms with van der Waals surface area (Å²) in [5.41, 5.74) is 2.02. The first kappa shape index (κ1) is 22.6. The largest absolute Gasteiger partial charge is 0.460 e. The van der Waals surface area contributed by atoms with Crippen LogP contribution >= 0.6 is 0 Å². The van der Waals surface area contributed by atoms with Crippen LogP contribution in [0.3, 0.4) is 0 Å². The van der Waals surface area contributed by atoms with E-state index < -0.39 is 11.9 Å². The minimum Gasteiger partial charge on any atom is -0.460 e. The van der Waals surface area contributed by atoms with Gasteiger partial charge in [0.15, 0.2) is 6.29 Å². The molecule has 0 saturated carbocycles. The maximum Gasteiger partial charge on any atom is 0.315 e. The third-order valence-electron chi connectivity index (χ3n) is 4.58. The van der Waals surface area contributed by atoms with Gasteiger partial charge >= 0.3 is 5.97 Å². The lowest BCUT2D eigenvalue weighted by atomic mass is 9.97. The van der Waals surface area contributed by atoms with Gasteiger partial charge in [-0.2, -0.15) is 0 Å². The number of allylic oxidation sites excluding steroid dienone is 3. The van der Waals surface area contributed by atoms with Gasteiger partial charge in [0.25, 0.3) is 5.91 Å². The lowest BCUT2D eigenvalue weighted by Gasteiger charge is -2.24. The van der Waals surface area contributed by atoms with Crippen molar-refractivity contribution in [2.75, 3.05) is 13.6 Å². The Labute approximate surface area is 177 Å². The van der Waals surface area contributed by atoms with E-state index in [1.807, 2.05) is 30.3 Å². The highest BCUT2D eigenvalue weighted by Crippen LogP contribution is 2.19. The SMILES string of the molecule is C=C/C=C(\C=C)C(CN(C)C(=O)c1ccccc1C=O)C(=O)OCc1ccccc1. The van der Waals surface area contributed by atoms with Crippen molar-refractivity contribution >= 4 is 18.2 Å². The van der Waals surface area contributed by atoms with Crippen molar-refractivity contribution in [3.05, 3.63) is 108 Å². The van der Waals surface area contributed by atoms with Gasteiger partial charge in [-0.25, -0.2) is 0 Å². The second-order valence-corrected chi connectivity index (χ2v) is 6.64. The molecule has 30 heavy (non-hydrogen) atoms. The molecule has 0 saturated heterocycles. The van der Waals surface area contributed by atoms with Crippen molar-refractivity contribution in [3.63, 3.8) is 0 Å². The number of carbonyl (C=O) groups excluding carboxylic acids is 3. The van der Waals surface area contributed by atoms with Crippen molar-refractivity contribution in [2.24, 2.45) is 5.92 Å². The zero-order chi connectivity index (χ0) is 21.9. The molecule has 2 aromatic carbocycles. The van der Waals surface area contributed by atoms with E-state index in [1.54, 1.807) is 49.5 Å². The third kappa shape index (κ3) is 5.88. The molecule has 0 radical (unpaired) electrons. The van der Waals surface area contributed by atoms with Crippen LogP contribution in [0.1, 0.15) is 26.3 Å². The first-order valence-corrected chi connectivity index (χ1v) is 9.47. The Hall–Kier alpha value is -3.73. The molecular formula is C25H25NO4. The van der Waals surface area contributed by atoms with Crippen LogP contribution in [-0.4, -0.2) is 36.7 Å². The minimum absolute atomic E-state index is 0.0609. The van der Waals surface area contributed by atoms with Crippen LogP contribution in [0.5, 0.6) is 0 Å². The fourth-order valence-corrected chi connectivity index (χ4v) is 2.96. The number of hydrogen-bond acceptors (Lipinski definition) is 4. The number of nitrogens with zero attached hydrogens (tertiary/aromatic N) is 1. The molecule has 1 amide bonds. The molecule has 0 aromatic heterocycles. The average molecular weight is 403 g/mol. The Bertz CT molecular complexity index is 947. The molecule has 154 valence electrons. The van der Waals surface area contributed by atoms with E-state index in [9.17, 15) is 14.4 Å². The molecule has 0 aliphatic rings. The molecule has 0 bridgehead atoms. The molecule has 1 unspecified atom stereocenters. The summed E-state index contributed by atoms with van der Waals surface area (Å²) in [6.45, 7) is 7.62. The Morgan fingerprint density at radius 1 is 1.07 bits per heavy atom. The van der Waals surface area contributed by atoms with Gasteiger partial charge in [0.2, 0.25) is 0 Å². The summed E-state index contributed by atoms with van der Waals surface area (Å²) in [7, 11) is 1.58. The van der Waals surface area contributed by atoms with Gasteiger partial charge in [-0.05, 0) is 17.2 Å². The molecule has 2 aromatic rings. The van der Waals surface area contributed by atoms with Crippen LogP contribution in [0.15, 0.2) is 91.6 Å². The summed E-state index contributed by atoms with van der Waals surface area (Å²) in [5.74, 6) is -1.59. The van der Waals surface area contributed by atoms with Crippen LogP contribution < -0.4 is 0 Å². The van der Waals surface area contributed by atoms with Crippen LogP contribution in [0, 0.1) is 5.92 Å². The highest BCUT2D eigenvalue weighted by atomic mass is 16.5. The summed E-state index contributed by atoms with van der Waals surface area (Å²) in [6, 6.07) is 15.9. The first-order chi connectivity index (χ1) is 14.5. The topological polar surface area (TPSA) is 63.7 Å². The Kier molecular flexibility index (Phi) is 8.51. The van der Waals surface area contributed by atoms with Gasteiger partial charge in [0.1, 0.15) is 6.61 Å². The molecule has 5 heteroatoms. The number of ether oxygens (including phenoxy) is 1. The molecule has 5 nitrogen and oxygen atoms in total. The number of benzene rings is 2. The average Bonchev–Trinajstić information content (AvgIpc) is 2.79. The molecule has 2 rings (SSSR count). The highest BCUT2D eigenvalue weighted by molar-refractivity contribution is 6.01. The predicted octanol–water partition coefficient (Wildman–Crippen LogP) is 4.23. The number of rotatable bonds is 10. The fourth-order valence-electron chi connectivity index (χ4n) is 2.96. The normalized spacial score (nSPS) is 11.8. The van der Waals surface area contributed by atoms with E-state index >= 15 is 0 Å². The number of amides is 1. The predicted molar refractivity (Wildman–Crippen MR) is 117 cm³/mol. The summed E-state index contributed by atoms with van der Waals surface area (Å²) < 4.78 is 5.49. The molecule has 0 aliphatic heterocycles. The lowest BCUT2D eigenvalue weighted by Crippen LogP contribution is -2.36. The maximum atomic E-state index is 12.9. The number of carbonyl (C=O) groups is 3. The van der Waals surface area contributed by atoms with Crippen LogP contribution in [-0.2, 0) is 16.1 Å². The number of esters is 1. The lowest BCUT2D eigenvalue weighted by molar-refractivity contribution is -0.148. The molecular weight excluding hydrogens is 378 g/mol. The van der Waals surface area contributed by atoms with E-state index in [-0.39, 0.29) is 24.6 Å². The molecule has 0 fully saturated rings. The monoisotopic (exact) mass is 403 g/mol. The van der Waals surface area contributed by atoms with E-state index in [0.29, 0.717) is 17.4 Å². The minimum atomic E-state index is -0.749. The Balaban J connectivity index is 2.21. The van der Waals surface area contributed by atoms with Gasteiger partial charge in [-0.3, -0.25) is 14.4 Å². The second kappa shape index (κ2) is 11.3. The quantitative estimate of drug-likeness (QED) is 0.338. The first-order valence-electron chi connectivity index (χ1n) is 9.47. The van der Waals surface area contributed by atoms with Crippen LogP contribution in [0.4, 0.5) is 0 Å². The third-order valence-corrected chi connectivity index (χ3v) is 4.58. The van der Waals surface area contributed by atoms with Crippen molar-refractivity contribution < 1.29 is 19.1 Å². The summed E-state index contributed by atoms with van der Waals surface area (Å²) in [6.07, 6.45) is 5.41. The van der Waals surface area contributed by atoms with Gasteiger partial charge in [-0.1, -0.05) is 79.9 Å². The molecule has 1 atom stereocenters. The zero-order valence-electron chi connectivity index (χ0n) is 17.0. The van der Waals surface area contributed by atoms with Crippen molar-refractivity contribution in [2.45, 2.75) is 6.61 Å².